The van der Waals surface area contributed by atoms with Gasteiger partial charge in [0.2, 0.25) is 0 Å². The van der Waals surface area contributed by atoms with Gasteiger partial charge in [0.25, 0.3) is 17.1 Å². The number of nitro benzene ring substituents is 3. The summed E-state index contributed by atoms with van der Waals surface area (Å²) in [5, 5.41) is 43.5. The van der Waals surface area contributed by atoms with E-state index in [4.69, 9.17) is 0 Å². The van der Waals surface area contributed by atoms with Gasteiger partial charge in [0.15, 0.2) is 0 Å². The highest BCUT2D eigenvalue weighted by Crippen LogP contribution is 2.35. The van der Waals surface area contributed by atoms with Crippen molar-refractivity contribution in [3.05, 3.63) is 71.8 Å². The quantitative estimate of drug-likeness (QED) is 0.413. The lowest BCUT2D eigenvalue weighted by Crippen LogP contribution is -2.00. The van der Waals surface area contributed by atoms with Crippen molar-refractivity contribution in [1.82, 2.24) is 15.4 Å². The van der Waals surface area contributed by atoms with Crippen molar-refractivity contribution in [2.45, 2.75) is 0 Å². The molecule has 2 aromatic carbocycles. The number of aromatic amines is 1. The van der Waals surface area contributed by atoms with Crippen LogP contribution in [0.3, 0.4) is 0 Å². The van der Waals surface area contributed by atoms with E-state index in [1.165, 1.54) is 12.2 Å². The zero-order valence-electron chi connectivity index (χ0n) is 12.7. The summed E-state index contributed by atoms with van der Waals surface area (Å²) in [4.78, 5) is 30.6. The second kappa shape index (κ2) is 6.35. The molecule has 3 rings (SSSR count). The Morgan fingerprint density at radius 2 is 1.42 bits per heavy atom. The number of benzene rings is 2. The fourth-order valence-corrected chi connectivity index (χ4v) is 2.33. The van der Waals surface area contributed by atoms with Crippen molar-refractivity contribution in [1.29, 1.82) is 0 Å². The van der Waals surface area contributed by atoms with Crippen LogP contribution in [0.4, 0.5) is 17.1 Å². The Bertz CT molecular complexity index is 1050. The summed E-state index contributed by atoms with van der Waals surface area (Å²) in [6.07, 6.45) is 2.58. The molecule has 0 spiro atoms. The van der Waals surface area contributed by atoms with Gasteiger partial charge in [-0.1, -0.05) is 12.1 Å². The fraction of sp³-hybridized carbons (Fsp3) is 0. The minimum Gasteiger partial charge on any atom is -0.258 e. The van der Waals surface area contributed by atoms with Crippen LogP contribution in [-0.2, 0) is 0 Å². The van der Waals surface area contributed by atoms with Gasteiger partial charge in [0, 0.05) is 0 Å². The van der Waals surface area contributed by atoms with Gasteiger partial charge >= 0.3 is 0 Å². The predicted octanol–water partition coefficient (Wildman–Crippen LogP) is 2.85. The van der Waals surface area contributed by atoms with E-state index in [2.05, 4.69) is 15.4 Å². The number of nitro groups is 3. The number of rotatable bonds is 5. The molecule has 0 fully saturated rings. The number of non-ortho nitro benzene ring substituents is 1. The molecule has 1 N–H and O–H groups in total. The Kier molecular flexibility index (Phi) is 4.06. The number of H-pyrrole nitrogens is 1. The Morgan fingerprint density at radius 1 is 0.808 bits per heavy atom. The van der Waals surface area contributed by atoms with Crippen molar-refractivity contribution in [3.63, 3.8) is 0 Å². The second-order valence-corrected chi connectivity index (χ2v) is 5.07. The Morgan fingerprint density at radius 3 is 2.00 bits per heavy atom. The van der Waals surface area contributed by atoms with Gasteiger partial charge in [-0.2, -0.15) is 15.4 Å². The number of nitrogens with zero attached hydrogens (tertiary/aromatic N) is 5. The molecule has 0 aliphatic heterocycles. The van der Waals surface area contributed by atoms with Crippen LogP contribution in [0.5, 0.6) is 0 Å². The van der Waals surface area contributed by atoms with E-state index in [9.17, 15) is 30.3 Å². The van der Waals surface area contributed by atoms with E-state index >= 15 is 0 Å². The molecule has 0 aliphatic rings. The van der Waals surface area contributed by atoms with Gasteiger partial charge in [-0.15, -0.1) is 0 Å². The number of nitrogens with one attached hydrogen (secondary N) is 1. The Balaban J connectivity index is 2.13. The average molecular weight is 356 g/mol. The van der Waals surface area contributed by atoms with Crippen molar-refractivity contribution in [2.75, 3.05) is 0 Å². The van der Waals surface area contributed by atoms with Crippen LogP contribution in [0.1, 0.15) is 11.1 Å². The van der Waals surface area contributed by atoms with E-state index in [-0.39, 0.29) is 5.56 Å². The van der Waals surface area contributed by atoms with Crippen LogP contribution >= 0.6 is 0 Å². The minimum atomic E-state index is -0.925. The first kappa shape index (κ1) is 16.6. The maximum absolute atomic E-state index is 11.2. The Hall–Kier alpha value is -4.22. The van der Waals surface area contributed by atoms with Crippen LogP contribution in [0.15, 0.2) is 30.3 Å². The zero-order chi connectivity index (χ0) is 18.8. The standard InChI is InChI=1S/C14H8N6O6/c21-18(22)9-6-13(19(23)24)10(14(7-9)20(25)26)3-1-8-2-4-11-12(5-8)16-17-15-11/h1-7H,(H,15,16,17). The third kappa shape index (κ3) is 3.06. The minimum absolute atomic E-state index is 0.342. The first-order valence-electron chi connectivity index (χ1n) is 6.96. The third-order valence-electron chi connectivity index (χ3n) is 3.51. The van der Waals surface area contributed by atoms with E-state index < -0.39 is 31.8 Å². The van der Waals surface area contributed by atoms with Gasteiger partial charge in [-0.05, 0) is 23.8 Å². The predicted molar refractivity (Wildman–Crippen MR) is 89.2 cm³/mol. The summed E-state index contributed by atoms with van der Waals surface area (Å²) in [7, 11) is 0. The molecule has 12 nitrogen and oxygen atoms in total. The highest BCUT2D eigenvalue weighted by atomic mass is 16.6. The SMILES string of the molecule is O=[N+]([O-])c1cc([N+](=O)[O-])c(C=Cc2ccc3n[nH]nc3c2)c([N+](=O)[O-])c1. The highest BCUT2D eigenvalue weighted by Gasteiger charge is 2.28. The molecule has 0 atom stereocenters. The molecule has 0 amide bonds. The summed E-state index contributed by atoms with van der Waals surface area (Å²) < 4.78 is 0. The van der Waals surface area contributed by atoms with Gasteiger partial charge in [0.05, 0.1) is 26.9 Å². The van der Waals surface area contributed by atoms with Gasteiger partial charge in [-0.3, -0.25) is 30.3 Å². The van der Waals surface area contributed by atoms with Gasteiger partial charge in [-0.25, -0.2) is 0 Å². The largest absolute Gasteiger partial charge is 0.290 e. The molecule has 26 heavy (non-hydrogen) atoms. The Labute approximate surface area is 143 Å². The number of hydrogen-bond donors (Lipinski definition) is 1. The summed E-state index contributed by atoms with van der Waals surface area (Å²) in [5.41, 5.74) is -0.826. The van der Waals surface area contributed by atoms with Crippen molar-refractivity contribution in [3.8, 4) is 0 Å². The monoisotopic (exact) mass is 356 g/mol. The molecule has 0 aliphatic carbocycles. The smallest absolute Gasteiger partial charge is 0.258 e. The van der Waals surface area contributed by atoms with Crippen LogP contribution in [0.25, 0.3) is 23.2 Å². The molecule has 0 saturated heterocycles. The molecular formula is C14H8N6O6. The van der Waals surface area contributed by atoms with Crippen LogP contribution < -0.4 is 0 Å². The maximum Gasteiger partial charge on any atom is 0.290 e. The van der Waals surface area contributed by atoms with Gasteiger partial charge < -0.3 is 0 Å². The molecule has 0 radical (unpaired) electrons. The lowest BCUT2D eigenvalue weighted by Gasteiger charge is -2.01. The van der Waals surface area contributed by atoms with Crippen LogP contribution in [0.2, 0.25) is 0 Å². The van der Waals surface area contributed by atoms with E-state index in [1.54, 1.807) is 18.2 Å². The second-order valence-electron chi connectivity index (χ2n) is 5.07. The first-order valence-corrected chi connectivity index (χ1v) is 6.96. The highest BCUT2D eigenvalue weighted by molar-refractivity contribution is 5.84. The van der Waals surface area contributed by atoms with Gasteiger partial charge in [0.1, 0.15) is 16.6 Å². The van der Waals surface area contributed by atoms with E-state index in [0.717, 1.165) is 0 Å². The lowest BCUT2D eigenvalue weighted by molar-refractivity contribution is -0.403. The van der Waals surface area contributed by atoms with E-state index in [0.29, 0.717) is 28.7 Å². The summed E-state index contributed by atoms with van der Waals surface area (Å²) in [6.45, 7) is 0. The third-order valence-corrected chi connectivity index (χ3v) is 3.51. The average Bonchev–Trinajstić information content (AvgIpc) is 3.06. The molecule has 12 heteroatoms. The fourth-order valence-electron chi connectivity index (χ4n) is 2.33. The van der Waals surface area contributed by atoms with Crippen LogP contribution in [0, 0.1) is 30.3 Å². The summed E-state index contributed by atoms with van der Waals surface area (Å²) >= 11 is 0. The summed E-state index contributed by atoms with van der Waals surface area (Å²) in [5.74, 6) is 0. The first-order chi connectivity index (χ1) is 12.4. The normalized spacial score (nSPS) is 11.1. The lowest BCUT2D eigenvalue weighted by atomic mass is 10.1. The molecular weight excluding hydrogens is 348 g/mol. The van der Waals surface area contributed by atoms with Crippen molar-refractivity contribution >= 4 is 40.2 Å². The maximum atomic E-state index is 11.2. The molecule has 0 saturated carbocycles. The van der Waals surface area contributed by atoms with Crippen molar-refractivity contribution in [2.24, 2.45) is 0 Å². The molecule has 1 heterocycles. The van der Waals surface area contributed by atoms with Crippen molar-refractivity contribution < 1.29 is 14.8 Å². The molecule has 3 aromatic rings. The molecule has 0 bridgehead atoms. The zero-order valence-corrected chi connectivity index (χ0v) is 12.7. The van der Waals surface area contributed by atoms with Crippen LogP contribution in [-0.4, -0.2) is 30.2 Å². The number of fused-ring (bicyclic) bond motifs is 1. The molecule has 0 unspecified atom stereocenters. The summed E-state index contributed by atoms with van der Waals surface area (Å²) in [6, 6.07) is 6.29. The number of aromatic nitrogens is 3. The topological polar surface area (TPSA) is 171 Å². The molecule has 1 aromatic heterocycles. The van der Waals surface area contributed by atoms with E-state index in [1.807, 2.05) is 0 Å². The number of hydrogen-bond acceptors (Lipinski definition) is 8. The molecule has 130 valence electrons.